The molecule has 0 aliphatic heterocycles. The molecule has 1 amide bonds. The van der Waals surface area contributed by atoms with Crippen LogP contribution in [0.2, 0.25) is 0 Å². The van der Waals surface area contributed by atoms with Crippen molar-refractivity contribution in [3.8, 4) is 0 Å². The van der Waals surface area contributed by atoms with E-state index in [1.165, 1.54) is 4.90 Å². The lowest BCUT2D eigenvalue weighted by Crippen LogP contribution is -2.13. The van der Waals surface area contributed by atoms with E-state index < -0.39 is 0 Å². The van der Waals surface area contributed by atoms with E-state index in [0.717, 1.165) is 16.9 Å². The molecule has 0 radical (unpaired) electrons. The molecule has 0 saturated carbocycles. The molecule has 0 saturated heterocycles. The number of nitrogens with one attached hydrogen (secondary N) is 1. The first kappa shape index (κ1) is 20.7. The van der Waals surface area contributed by atoms with Gasteiger partial charge < -0.3 is 10.1 Å². The Balaban J connectivity index is 1.61. The average Bonchev–Trinajstić information content (AvgIpc) is 2.75. The summed E-state index contributed by atoms with van der Waals surface area (Å²) in [5.41, 5.74) is 3.70. The highest BCUT2D eigenvalue weighted by Gasteiger charge is 2.11. The summed E-state index contributed by atoms with van der Waals surface area (Å²) in [6.45, 7) is 3.95. The molecule has 0 unspecified atom stereocenters. The molecule has 0 atom stereocenters. The van der Waals surface area contributed by atoms with Gasteiger partial charge in [0.05, 0.1) is 12.2 Å². The predicted molar refractivity (Wildman–Crippen MR) is 118 cm³/mol. The Morgan fingerprint density at radius 3 is 2.28 bits per heavy atom. The summed E-state index contributed by atoms with van der Waals surface area (Å²) < 4.78 is 5.00. The number of hydrogen-bond donors (Lipinski definition) is 1. The fraction of sp³-hybridized carbons (Fsp3) is 0.167. The second kappa shape index (κ2) is 9.94. The molecule has 0 heterocycles. The zero-order valence-electron chi connectivity index (χ0n) is 16.5. The molecule has 3 rings (SSSR count). The van der Waals surface area contributed by atoms with E-state index in [9.17, 15) is 9.59 Å². The van der Waals surface area contributed by atoms with Crippen molar-refractivity contribution in [2.24, 2.45) is 0 Å². The molecule has 148 valence electrons. The lowest BCUT2D eigenvalue weighted by Gasteiger charge is -2.10. The zero-order chi connectivity index (χ0) is 20.6. The number of rotatable bonds is 7. The Bertz CT molecular complexity index is 985. The van der Waals surface area contributed by atoms with Crippen LogP contribution >= 0.6 is 11.8 Å². The van der Waals surface area contributed by atoms with E-state index in [0.29, 0.717) is 23.4 Å². The van der Waals surface area contributed by atoms with Gasteiger partial charge in [-0.15, -0.1) is 11.8 Å². The summed E-state index contributed by atoms with van der Waals surface area (Å²) in [5, 5.41) is 2.91. The SMILES string of the molecule is CCOC(=O)c1ccc(NC(=O)c2ccc(CSc3ccccc3)cc2)c(C)c1. The van der Waals surface area contributed by atoms with Crippen molar-refractivity contribution in [3.05, 3.63) is 95.1 Å². The maximum atomic E-state index is 12.6. The van der Waals surface area contributed by atoms with Gasteiger partial charge in [0.2, 0.25) is 0 Å². The lowest BCUT2D eigenvalue weighted by atomic mass is 10.1. The minimum atomic E-state index is -0.363. The summed E-state index contributed by atoms with van der Waals surface area (Å²) in [7, 11) is 0. The highest BCUT2D eigenvalue weighted by molar-refractivity contribution is 7.98. The van der Waals surface area contributed by atoms with Gasteiger partial charge in [0.15, 0.2) is 0 Å². The van der Waals surface area contributed by atoms with Gasteiger partial charge in [0, 0.05) is 21.9 Å². The lowest BCUT2D eigenvalue weighted by molar-refractivity contribution is 0.0526. The topological polar surface area (TPSA) is 55.4 Å². The van der Waals surface area contributed by atoms with E-state index in [1.54, 1.807) is 36.9 Å². The zero-order valence-corrected chi connectivity index (χ0v) is 17.3. The molecule has 0 bridgehead atoms. The fourth-order valence-corrected chi connectivity index (χ4v) is 3.65. The number of amides is 1. The molecule has 0 aliphatic carbocycles. The second-order valence-corrected chi connectivity index (χ2v) is 7.55. The second-order valence-electron chi connectivity index (χ2n) is 6.50. The van der Waals surface area contributed by atoms with Gasteiger partial charge >= 0.3 is 5.97 Å². The number of carbonyl (C=O) groups excluding carboxylic acids is 2. The van der Waals surface area contributed by atoms with Gasteiger partial charge in [-0.2, -0.15) is 0 Å². The Kier molecular flexibility index (Phi) is 7.09. The molecular weight excluding hydrogens is 382 g/mol. The number of anilines is 1. The molecule has 4 nitrogen and oxygen atoms in total. The quantitative estimate of drug-likeness (QED) is 0.404. The van der Waals surface area contributed by atoms with Gasteiger partial charge in [-0.05, 0) is 67.4 Å². The minimum Gasteiger partial charge on any atom is -0.462 e. The van der Waals surface area contributed by atoms with E-state index in [1.807, 2.05) is 49.4 Å². The molecule has 0 fully saturated rings. The van der Waals surface area contributed by atoms with Crippen LogP contribution in [-0.2, 0) is 10.5 Å². The highest BCUT2D eigenvalue weighted by atomic mass is 32.2. The number of benzene rings is 3. The van der Waals surface area contributed by atoms with Crippen molar-refractivity contribution in [1.82, 2.24) is 0 Å². The van der Waals surface area contributed by atoms with Gasteiger partial charge in [-0.25, -0.2) is 4.79 Å². The van der Waals surface area contributed by atoms with Gasteiger partial charge in [-0.1, -0.05) is 30.3 Å². The van der Waals surface area contributed by atoms with Crippen LogP contribution in [0.15, 0.2) is 77.7 Å². The maximum absolute atomic E-state index is 12.6. The van der Waals surface area contributed by atoms with Crippen molar-refractivity contribution in [2.45, 2.75) is 24.5 Å². The number of hydrogen-bond acceptors (Lipinski definition) is 4. The third-order valence-corrected chi connectivity index (χ3v) is 5.43. The normalized spacial score (nSPS) is 10.4. The monoisotopic (exact) mass is 405 g/mol. The average molecular weight is 406 g/mol. The van der Waals surface area contributed by atoms with E-state index >= 15 is 0 Å². The smallest absolute Gasteiger partial charge is 0.338 e. The largest absolute Gasteiger partial charge is 0.462 e. The van der Waals surface area contributed by atoms with Crippen molar-refractivity contribution in [2.75, 3.05) is 11.9 Å². The van der Waals surface area contributed by atoms with Crippen molar-refractivity contribution >= 4 is 29.3 Å². The third kappa shape index (κ3) is 5.72. The van der Waals surface area contributed by atoms with Crippen LogP contribution in [0, 0.1) is 6.92 Å². The van der Waals surface area contributed by atoms with E-state index in [-0.39, 0.29) is 11.9 Å². The molecule has 3 aromatic rings. The molecule has 1 N–H and O–H groups in total. The molecule has 0 aromatic heterocycles. The third-order valence-electron chi connectivity index (χ3n) is 4.35. The van der Waals surface area contributed by atoms with Gasteiger partial charge in [0.25, 0.3) is 5.91 Å². The molecule has 0 spiro atoms. The summed E-state index contributed by atoms with van der Waals surface area (Å²) in [6.07, 6.45) is 0. The Morgan fingerprint density at radius 2 is 1.62 bits per heavy atom. The summed E-state index contributed by atoms with van der Waals surface area (Å²) in [6, 6.07) is 22.9. The van der Waals surface area contributed by atoms with Gasteiger partial charge in [-0.3, -0.25) is 4.79 Å². The van der Waals surface area contributed by atoms with Crippen LogP contribution in [0.5, 0.6) is 0 Å². The van der Waals surface area contributed by atoms with Gasteiger partial charge in [0.1, 0.15) is 0 Å². The minimum absolute atomic E-state index is 0.181. The number of aryl methyl sites for hydroxylation is 1. The van der Waals surface area contributed by atoms with Crippen LogP contribution in [0.25, 0.3) is 0 Å². The van der Waals surface area contributed by atoms with Crippen LogP contribution in [0.4, 0.5) is 5.69 Å². The van der Waals surface area contributed by atoms with Crippen molar-refractivity contribution in [3.63, 3.8) is 0 Å². The number of thioether (sulfide) groups is 1. The number of carbonyl (C=O) groups is 2. The number of ether oxygens (including phenoxy) is 1. The molecule has 0 aliphatic rings. The molecular formula is C24H23NO3S. The van der Waals surface area contributed by atoms with Crippen molar-refractivity contribution in [1.29, 1.82) is 0 Å². The summed E-state index contributed by atoms with van der Waals surface area (Å²) in [4.78, 5) is 25.6. The predicted octanol–water partition coefficient (Wildman–Crippen LogP) is 5.72. The molecule has 29 heavy (non-hydrogen) atoms. The first-order valence-electron chi connectivity index (χ1n) is 9.42. The first-order chi connectivity index (χ1) is 14.1. The number of esters is 1. The Morgan fingerprint density at radius 1 is 0.931 bits per heavy atom. The Hall–Kier alpha value is -3.05. The first-order valence-corrected chi connectivity index (χ1v) is 10.4. The van der Waals surface area contributed by atoms with Crippen molar-refractivity contribution < 1.29 is 14.3 Å². The molecule has 5 heteroatoms. The van der Waals surface area contributed by atoms with E-state index in [2.05, 4.69) is 17.4 Å². The van der Waals surface area contributed by atoms with Crippen LogP contribution in [0.1, 0.15) is 38.8 Å². The van der Waals surface area contributed by atoms with Crippen LogP contribution in [0.3, 0.4) is 0 Å². The highest BCUT2D eigenvalue weighted by Crippen LogP contribution is 2.23. The summed E-state index contributed by atoms with van der Waals surface area (Å²) in [5.74, 6) is 0.303. The Labute approximate surface area is 175 Å². The van der Waals surface area contributed by atoms with Crippen LogP contribution < -0.4 is 5.32 Å². The molecule has 3 aromatic carbocycles. The standard InChI is InChI=1S/C24H23NO3S/c1-3-28-24(27)20-13-14-22(17(2)15-20)25-23(26)19-11-9-18(10-12-19)16-29-21-7-5-4-6-8-21/h4-15H,3,16H2,1-2H3,(H,25,26). The maximum Gasteiger partial charge on any atom is 0.338 e. The summed E-state index contributed by atoms with van der Waals surface area (Å²) >= 11 is 1.76. The van der Waals surface area contributed by atoms with E-state index in [4.69, 9.17) is 4.74 Å². The van der Waals surface area contributed by atoms with Crippen LogP contribution in [-0.4, -0.2) is 18.5 Å². The fourth-order valence-electron chi connectivity index (χ4n) is 2.78.